The number of halogens is 3. The number of hydrogen-bond donors (Lipinski definition) is 2. The van der Waals surface area contributed by atoms with Crippen molar-refractivity contribution in [3.63, 3.8) is 0 Å². The molecule has 2 aromatic carbocycles. The van der Waals surface area contributed by atoms with Crippen molar-refractivity contribution in [1.82, 2.24) is 0 Å². The summed E-state index contributed by atoms with van der Waals surface area (Å²) in [7, 11) is 0. The molecule has 2 rings (SSSR count). The van der Waals surface area contributed by atoms with Gasteiger partial charge in [0.1, 0.15) is 34.3 Å². The van der Waals surface area contributed by atoms with Crippen LogP contribution in [0.2, 0.25) is 0 Å². The van der Waals surface area contributed by atoms with Crippen molar-refractivity contribution in [2.24, 2.45) is 0 Å². The maximum Gasteiger partial charge on any atom is 0.341 e. The Morgan fingerprint density at radius 1 is 0.926 bits per heavy atom. The number of ether oxygens (including phenoxy) is 2. The van der Waals surface area contributed by atoms with Gasteiger partial charge in [-0.1, -0.05) is 0 Å². The van der Waals surface area contributed by atoms with Crippen LogP contribution >= 0.6 is 22.6 Å². The molecule has 0 amide bonds. The van der Waals surface area contributed by atoms with Crippen LogP contribution in [-0.4, -0.2) is 35.4 Å². The van der Waals surface area contributed by atoms with Crippen molar-refractivity contribution in [1.29, 1.82) is 0 Å². The first kappa shape index (κ1) is 22.6. The Morgan fingerprint density at radius 3 is 1.96 bits per heavy atom. The van der Waals surface area contributed by atoms with E-state index in [-0.39, 0.29) is 27.9 Å². The van der Waals surface area contributed by atoms with Gasteiger partial charge in [-0.25, -0.2) is 18.4 Å². The number of aromatic hydroxyl groups is 2. The highest BCUT2D eigenvalue weighted by Gasteiger charge is 2.15. The van der Waals surface area contributed by atoms with Gasteiger partial charge < -0.3 is 19.7 Å². The monoisotopic (exact) mass is 494 g/mol. The van der Waals surface area contributed by atoms with E-state index in [2.05, 4.69) is 9.47 Å². The predicted octanol–water partition coefficient (Wildman–Crippen LogP) is 4.02. The lowest BCUT2D eigenvalue weighted by Crippen LogP contribution is -2.05. The molecule has 0 radical (unpaired) electrons. The predicted molar refractivity (Wildman–Crippen MR) is 101 cm³/mol. The summed E-state index contributed by atoms with van der Waals surface area (Å²) in [6.07, 6.45) is 0. The van der Waals surface area contributed by atoms with Gasteiger partial charge in [-0.3, -0.25) is 0 Å². The van der Waals surface area contributed by atoms with Crippen molar-refractivity contribution in [2.45, 2.75) is 13.8 Å². The number of carbonyl (C=O) groups is 2. The van der Waals surface area contributed by atoms with E-state index in [0.29, 0.717) is 0 Å². The van der Waals surface area contributed by atoms with Crippen LogP contribution in [0.25, 0.3) is 0 Å². The molecule has 0 unspecified atom stereocenters. The smallest absolute Gasteiger partial charge is 0.341 e. The van der Waals surface area contributed by atoms with E-state index in [1.54, 1.807) is 36.4 Å². The average Bonchev–Trinajstić information content (AvgIpc) is 2.59. The molecule has 9 heteroatoms. The molecule has 0 fully saturated rings. The maximum atomic E-state index is 12.9. The van der Waals surface area contributed by atoms with Gasteiger partial charge in [0.25, 0.3) is 0 Å². The number of rotatable bonds is 4. The zero-order valence-corrected chi connectivity index (χ0v) is 16.6. The van der Waals surface area contributed by atoms with Crippen molar-refractivity contribution in [3.05, 3.63) is 56.7 Å². The van der Waals surface area contributed by atoms with E-state index >= 15 is 0 Å². The molecule has 0 saturated heterocycles. The third-order valence-electron chi connectivity index (χ3n) is 2.99. The molecular weight excluding hydrogens is 477 g/mol. The summed E-state index contributed by atoms with van der Waals surface area (Å²) in [5, 5.41) is 18.4. The van der Waals surface area contributed by atoms with Crippen LogP contribution < -0.4 is 0 Å². The zero-order valence-electron chi connectivity index (χ0n) is 14.5. The lowest BCUT2D eigenvalue weighted by atomic mass is 10.2. The molecular formula is C18H17F2IO6. The summed E-state index contributed by atoms with van der Waals surface area (Å²) in [5.74, 6) is -3.26. The standard InChI is InChI=1S/C9H8FIO3.C9H9FO3/c1-2-14-9(13)5-3-7(11)6(10)4-8(5)12;1-2-13-9(12)7-4-3-6(10)5-8(7)11/h3-4,12H,2H2,1H3;3-5,11H,2H2,1H3. The topological polar surface area (TPSA) is 93.1 Å². The van der Waals surface area contributed by atoms with Gasteiger partial charge in [0.2, 0.25) is 0 Å². The van der Waals surface area contributed by atoms with Gasteiger partial charge in [-0.05, 0) is 54.6 Å². The fourth-order valence-corrected chi connectivity index (χ4v) is 2.26. The maximum absolute atomic E-state index is 12.9. The second-order valence-electron chi connectivity index (χ2n) is 4.89. The number of phenols is 2. The van der Waals surface area contributed by atoms with Crippen LogP contribution in [0.15, 0.2) is 30.3 Å². The first-order valence-electron chi connectivity index (χ1n) is 7.71. The molecule has 0 aromatic heterocycles. The van der Waals surface area contributed by atoms with Crippen LogP contribution in [0, 0.1) is 15.2 Å². The van der Waals surface area contributed by atoms with Gasteiger partial charge >= 0.3 is 11.9 Å². The highest BCUT2D eigenvalue weighted by Crippen LogP contribution is 2.23. The molecule has 0 spiro atoms. The Balaban J connectivity index is 0.000000271. The quantitative estimate of drug-likeness (QED) is 0.493. The van der Waals surface area contributed by atoms with Gasteiger partial charge in [-0.2, -0.15) is 0 Å². The summed E-state index contributed by atoms with van der Waals surface area (Å²) in [6.45, 7) is 3.74. The number of hydrogen-bond acceptors (Lipinski definition) is 6. The van der Waals surface area contributed by atoms with Gasteiger partial charge in [0.05, 0.1) is 13.2 Å². The number of esters is 2. The van der Waals surface area contributed by atoms with Crippen molar-refractivity contribution < 1.29 is 38.1 Å². The molecule has 0 bridgehead atoms. The third kappa shape index (κ3) is 6.66. The van der Waals surface area contributed by atoms with E-state index in [1.807, 2.05) is 0 Å². The number of phenolic OH excluding ortho intramolecular Hbond substituents is 2. The first-order chi connectivity index (χ1) is 12.7. The number of benzene rings is 2. The summed E-state index contributed by atoms with van der Waals surface area (Å²) in [5.41, 5.74) is -0.0408. The third-order valence-corrected chi connectivity index (χ3v) is 3.82. The molecule has 146 valence electrons. The minimum absolute atomic E-state index is 0.0161. The second-order valence-corrected chi connectivity index (χ2v) is 6.05. The highest BCUT2D eigenvalue weighted by atomic mass is 127. The Hall–Kier alpha value is -2.43. The van der Waals surface area contributed by atoms with Gasteiger partial charge in [0, 0.05) is 15.7 Å². The molecule has 2 aromatic rings. The van der Waals surface area contributed by atoms with Crippen LogP contribution in [0.1, 0.15) is 34.6 Å². The van der Waals surface area contributed by atoms with Gasteiger partial charge in [0.15, 0.2) is 0 Å². The van der Waals surface area contributed by atoms with Crippen LogP contribution in [-0.2, 0) is 9.47 Å². The largest absolute Gasteiger partial charge is 0.507 e. The Morgan fingerprint density at radius 2 is 1.44 bits per heavy atom. The fraction of sp³-hybridized carbons (Fsp3) is 0.222. The molecule has 0 aliphatic carbocycles. The van der Waals surface area contributed by atoms with Crippen LogP contribution in [0.4, 0.5) is 8.78 Å². The Kier molecular flexibility index (Phi) is 8.92. The molecule has 27 heavy (non-hydrogen) atoms. The first-order valence-corrected chi connectivity index (χ1v) is 8.79. The van der Waals surface area contributed by atoms with E-state index < -0.39 is 35.1 Å². The average molecular weight is 494 g/mol. The Labute approximate surface area is 167 Å². The number of carbonyl (C=O) groups excluding carboxylic acids is 2. The van der Waals surface area contributed by atoms with E-state index in [1.165, 1.54) is 12.1 Å². The van der Waals surface area contributed by atoms with E-state index in [4.69, 9.17) is 5.11 Å². The van der Waals surface area contributed by atoms with Crippen LogP contribution in [0.5, 0.6) is 11.5 Å². The van der Waals surface area contributed by atoms with E-state index in [0.717, 1.165) is 18.2 Å². The zero-order chi connectivity index (χ0) is 20.6. The second kappa shape index (κ2) is 10.7. The molecule has 0 aliphatic rings. The lowest BCUT2D eigenvalue weighted by Gasteiger charge is -2.05. The summed E-state index contributed by atoms with van der Waals surface area (Å²) < 4.78 is 34.9. The molecule has 2 N–H and O–H groups in total. The lowest BCUT2D eigenvalue weighted by molar-refractivity contribution is 0.0512. The fourth-order valence-electron chi connectivity index (χ4n) is 1.79. The van der Waals surface area contributed by atoms with Crippen LogP contribution in [0.3, 0.4) is 0 Å². The molecule has 0 heterocycles. The van der Waals surface area contributed by atoms with Crippen molar-refractivity contribution in [3.8, 4) is 11.5 Å². The minimum Gasteiger partial charge on any atom is -0.507 e. The highest BCUT2D eigenvalue weighted by molar-refractivity contribution is 14.1. The molecule has 6 nitrogen and oxygen atoms in total. The molecule has 0 atom stereocenters. The summed E-state index contributed by atoms with van der Waals surface area (Å²) in [4.78, 5) is 22.3. The normalized spacial score (nSPS) is 9.81. The molecule has 0 saturated carbocycles. The summed E-state index contributed by atoms with van der Waals surface area (Å²) in [6, 6.07) is 5.29. The van der Waals surface area contributed by atoms with Crippen molar-refractivity contribution in [2.75, 3.05) is 13.2 Å². The SMILES string of the molecule is CCOC(=O)c1cc(I)c(F)cc1O.CCOC(=O)c1ccc(F)cc1O. The minimum atomic E-state index is -0.653. The Bertz CT molecular complexity index is 826. The summed E-state index contributed by atoms with van der Waals surface area (Å²) >= 11 is 1.73. The van der Waals surface area contributed by atoms with E-state index in [9.17, 15) is 23.5 Å². The van der Waals surface area contributed by atoms with Gasteiger partial charge in [-0.15, -0.1) is 0 Å². The van der Waals surface area contributed by atoms with Crippen molar-refractivity contribution >= 4 is 34.5 Å². The molecule has 0 aliphatic heterocycles.